The van der Waals surface area contributed by atoms with E-state index in [9.17, 15) is 9.90 Å². The van der Waals surface area contributed by atoms with Gasteiger partial charge in [-0.1, -0.05) is 37.1 Å². The van der Waals surface area contributed by atoms with Gasteiger partial charge in [-0.15, -0.1) is 0 Å². The van der Waals surface area contributed by atoms with Gasteiger partial charge in [-0.25, -0.2) is 4.99 Å². The number of carbonyl (C=O) groups is 1. The Labute approximate surface area is 156 Å². The molecule has 3 N–H and O–H groups in total. The van der Waals surface area contributed by atoms with Crippen molar-refractivity contribution in [2.24, 2.45) is 10.4 Å². The Morgan fingerprint density at radius 2 is 1.85 bits per heavy atom. The van der Waals surface area contributed by atoms with Crippen molar-refractivity contribution >= 4 is 11.9 Å². The Hall–Kier alpha value is -2.08. The lowest BCUT2D eigenvalue weighted by atomic mass is 9.84. The molecule has 1 amide bonds. The van der Waals surface area contributed by atoms with E-state index in [1.165, 1.54) is 0 Å². The van der Waals surface area contributed by atoms with Gasteiger partial charge in [-0.3, -0.25) is 4.79 Å². The van der Waals surface area contributed by atoms with E-state index in [1.807, 2.05) is 45.3 Å². The average molecular weight is 361 g/mol. The molecule has 1 aliphatic rings. The molecule has 1 aliphatic carbocycles. The zero-order chi connectivity index (χ0) is 19.0. The monoisotopic (exact) mass is 360 g/mol. The lowest BCUT2D eigenvalue weighted by Crippen LogP contribution is -2.49. The van der Waals surface area contributed by atoms with Crippen molar-refractivity contribution in [3.8, 4) is 0 Å². The number of hydrogen-bond acceptors (Lipinski definition) is 3. The van der Waals surface area contributed by atoms with E-state index >= 15 is 0 Å². The predicted octanol–water partition coefficient (Wildman–Crippen LogP) is 1.88. The fourth-order valence-electron chi connectivity index (χ4n) is 3.62. The number of rotatable bonds is 7. The number of benzene rings is 1. The van der Waals surface area contributed by atoms with Gasteiger partial charge in [0.1, 0.15) is 0 Å². The van der Waals surface area contributed by atoms with Gasteiger partial charge >= 0.3 is 0 Å². The maximum atomic E-state index is 12.7. The number of aliphatic hydroxyl groups excluding tert-OH is 1. The van der Waals surface area contributed by atoms with Crippen molar-refractivity contribution in [3.05, 3.63) is 35.4 Å². The van der Waals surface area contributed by atoms with Gasteiger partial charge in [0.25, 0.3) is 0 Å². The van der Waals surface area contributed by atoms with E-state index in [0.29, 0.717) is 19.0 Å². The molecule has 0 unspecified atom stereocenters. The van der Waals surface area contributed by atoms with Crippen LogP contribution < -0.4 is 10.6 Å². The van der Waals surface area contributed by atoms with Gasteiger partial charge < -0.3 is 20.6 Å². The molecule has 1 aromatic carbocycles. The van der Waals surface area contributed by atoms with Crippen molar-refractivity contribution in [1.29, 1.82) is 0 Å². The molecule has 0 aromatic heterocycles. The van der Waals surface area contributed by atoms with E-state index in [2.05, 4.69) is 15.6 Å². The molecule has 144 valence electrons. The van der Waals surface area contributed by atoms with Crippen LogP contribution in [0.1, 0.15) is 43.7 Å². The van der Waals surface area contributed by atoms with Gasteiger partial charge in [0.05, 0.1) is 18.6 Å². The van der Waals surface area contributed by atoms with Crippen LogP contribution in [0.15, 0.2) is 29.3 Å². The molecule has 1 aromatic rings. The number of carbonyl (C=O) groups excluding carboxylic acids is 1. The highest BCUT2D eigenvalue weighted by Crippen LogP contribution is 2.38. The number of hydrogen-bond donors (Lipinski definition) is 3. The Bertz CT molecular complexity index is 622. The first-order chi connectivity index (χ1) is 12.5. The van der Waals surface area contributed by atoms with Gasteiger partial charge in [-0.2, -0.15) is 0 Å². The first kappa shape index (κ1) is 20.2. The first-order valence-corrected chi connectivity index (χ1v) is 9.44. The number of amides is 1. The van der Waals surface area contributed by atoms with Gasteiger partial charge in [0.2, 0.25) is 5.91 Å². The molecule has 1 fully saturated rings. The Balaban J connectivity index is 2.08. The number of nitrogens with one attached hydrogen (secondary N) is 2. The summed E-state index contributed by atoms with van der Waals surface area (Å²) in [6.45, 7) is 3.87. The Kier molecular flexibility index (Phi) is 7.45. The summed E-state index contributed by atoms with van der Waals surface area (Å²) in [5, 5.41) is 16.1. The largest absolute Gasteiger partial charge is 0.392 e. The second-order valence-electron chi connectivity index (χ2n) is 7.16. The number of aliphatic imine (C=N–C) groups is 1. The fourth-order valence-corrected chi connectivity index (χ4v) is 3.62. The van der Waals surface area contributed by atoms with E-state index in [4.69, 9.17) is 0 Å². The summed E-state index contributed by atoms with van der Waals surface area (Å²) in [7, 11) is 3.65. The van der Waals surface area contributed by atoms with Crippen LogP contribution in [-0.2, 0) is 17.9 Å². The minimum Gasteiger partial charge on any atom is -0.392 e. The van der Waals surface area contributed by atoms with Crippen molar-refractivity contribution in [2.75, 3.05) is 27.2 Å². The third kappa shape index (κ3) is 4.97. The summed E-state index contributed by atoms with van der Waals surface area (Å²) in [6, 6.07) is 7.76. The average Bonchev–Trinajstić information content (AvgIpc) is 3.13. The molecule has 0 atom stereocenters. The Morgan fingerprint density at radius 3 is 2.42 bits per heavy atom. The summed E-state index contributed by atoms with van der Waals surface area (Å²) in [5.74, 6) is 0.905. The molecule has 0 heterocycles. The van der Waals surface area contributed by atoms with Gasteiger partial charge in [0.15, 0.2) is 5.96 Å². The number of nitrogens with zero attached hydrogens (tertiary/aromatic N) is 2. The SMILES string of the molecule is CCNC(=NCc1ccccc1CO)NCC1(C(=O)N(C)C)CCCC1. The first-order valence-electron chi connectivity index (χ1n) is 9.44. The summed E-state index contributed by atoms with van der Waals surface area (Å²) in [4.78, 5) is 19.0. The van der Waals surface area contributed by atoms with E-state index in [1.54, 1.807) is 4.90 Å². The normalized spacial score (nSPS) is 16.4. The molecule has 26 heavy (non-hydrogen) atoms. The molecule has 2 rings (SSSR count). The summed E-state index contributed by atoms with van der Waals surface area (Å²) < 4.78 is 0. The summed E-state index contributed by atoms with van der Waals surface area (Å²) >= 11 is 0. The predicted molar refractivity (Wildman–Crippen MR) is 105 cm³/mol. The third-order valence-corrected chi connectivity index (χ3v) is 5.06. The van der Waals surface area contributed by atoms with Crippen LogP contribution in [-0.4, -0.2) is 49.1 Å². The number of guanidine groups is 1. The second kappa shape index (κ2) is 9.57. The molecule has 0 bridgehead atoms. The van der Waals surface area contributed by atoms with E-state index in [0.717, 1.165) is 43.4 Å². The third-order valence-electron chi connectivity index (χ3n) is 5.06. The van der Waals surface area contributed by atoms with Crippen LogP contribution in [0.25, 0.3) is 0 Å². The topological polar surface area (TPSA) is 77.0 Å². The van der Waals surface area contributed by atoms with E-state index in [-0.39, 0.29) is 17.9 Å². The molecule has 0 spiro atoms. The molecule has 6 nitrogen and oxygen atoms in total. The zero-order valence-corrected chi connectivity index (χ0v) is 16.2. The maximum Gasteiger partial charge on any atom is 0.230 e. The van der Waals surface area contributed by atoms with Crippen molar-refractivity contribution < 1.29 is 9.90 Å². The molecule has 0 aliphatic heterocycles. The highest BCUT2D eigenvalue weighted by Gasteiger charge is 2.42. The van der Waals surface area contributed by atoms with Crippen molar-refractivity contribution in [3.63, 3.8) is 0 Å². The zero-order valence-electron chi connectivity index (χ0n) is 16.2. The lowest BCUT2D eigenvalue weighted by Gasteiger charge is -2.31. The molecule has 6 heteroatoms. The highest BCUT2D eigenvalue weighted by atomic mass is 16.3. The van der Waals surface area contributed by atoms with Crippen LogP contribution >= 0.6 is 0 Å². The molecule has 0 radical (unpaired) electrons. The quantitative estimate of drug-likeness (QED) is 0.513. The van der Waals surface area contributed by atoms with E-state index < -0.39 is 0 Å². The van der Waals surface area contributed by atoms with Crippen molar-refractivity contribution in [2.45, 2.75) is 45.8 Å². The fraction of sp³-hybridized carbons (Fsp3) is 0.600. The summed E-state index contributed by atoms with van der Waals surface area (Å²) in [6.07, 6.45) is 4.03. The second-order valence-corrected chi connectivity index (χ2v) is 7.16. The molecule has 1 saturated carbocycles. The highest BCUT2D eigenvalue weighted by molar-refractivity contribution is 5.85. The van der Waals surface area contributed by atoms with Crippen LogP contribution in [0.3, 0.4) is 0 Å². The van der Waals surface area contributed by atoms with Gasteiger partial charge in [0, 0.05) is 27.2 Å². The Morgan fingerprint density at radius 1 is 1.19 bits per heavy atom. The smallest absolute Gasteiger partial charge is 0.230 e. The minimum atomic E-state index is -0.331. The maximum absolute atomic E-state index is 12.7. The van der Waals surface area contributed by atoms with Crippen molar-refractivity contribution in [1.82, 2.24) is 15.5 Å². The van der Waals surface area contributed by atoms with Crippen LogP contribution in [0.4, 0.5) is 0 Å². The molecular weight excluding hydrogens is 328 g/mol. The summed E-state index contributed by atoms with van der Waals surface area (Å²) in [5.41, 5.74) is 1.57. The standard InChI is InChI=1S/C20H32N4O2/c1-4-21-19(22-13-16-9-5-6-10-17(16)14-25)23-15-20(11-7-8-12-20)18(26)24(2)3/h5-6,9-10,25H,4,7-8,11-15H2,1-3H3,(H2,21,22,23). The molecule has 0 saturated heterocycles. The lowest BCUT2D eigenvalue weighted by molar-refractivity contribution is -0.138. The number of aliphatic hydroxyl groups is 1. The van der Waals surface area contributed by atoms with Crippen LogP contribution in [0.2, 0.25) is 0 Å². The molecular formula is C20H32N4O2. The van der Waals surface area contributed by atoms with Crippen LogP contribution in [0.5, 0.6) is 0 Å². The minimum absolute atomic E-state index is 0.0100. The van der Waals surface area contributed by atoms with Crippen LogP contribution in [0, 0.1) is 5.41 Å². The van der Waals surface area contributed by atoms with Gasteiger partial charge in [-0.05, 0) is 30.9 Å².